The molecule has 1 amide bonds. The van der Waals surface area contributed by atoms with Crippen LogP contribution in [0.4, 0.5) is 11.5 Å². The lowest BCUT2D eigenvalue weighted by molar-refractivity contribution is -0.120. The summed E-state index contributed by atoms with van der Waals surface area (Å²) in [5, 5.41) is 10.6. The highest BCUT2D eigenvalue weighted by Crippen LogP contribution is 2.28. The van der Waals surface area contributed by atoms with Crippen LogP contribution in [0.25, 0.3) is 5.76 Å². The fourth-order valence-electron chi connectivity index (χ4n) is 3.23. The van der Waals surface area contributed by atoms with Crippen LogP contribution in [-0.4, -0.2) is 27.6 Å². The minimum absolute atomic E-state index is 0.0759. The molecule has 1 heterocycles. The fourth-order valence-corrected chi connectivity index (χ4v) is 3.59. The lowest BCUT2D eigenvalue weighted by atomic mass is 10.0. The van der Waals surface area contributed by atoms with E-state index in [-0.39, 0.29) is 27.7 Å². The van der Waals surface area contributed by atoms with Gasteiger partial charge in [-0.15, -0.1) is 0 Å². The molecule has 31 heavy (non-hydrogen) atoms. The van der Waals surface area contributed by atoms with Gasteiger partial charge < -0.3 is 20.3 Å². The van der Waals surface area contributed by atoms with Crippen LogP contribution in [-0.2, 0) is 4.79 Å². The summed E-state index contributed by atoms with van der Waals surface area (Å²) in [6.45, 7) is 5.51. The smallest absolute Gasteiger partial charge is 0.254 e. The third-order valence-electron chi connectivity index (χ3n) is 4.77. The van der Waals surface area contributed by atoms with Gasteiger partial charge in [0.2, 0.25) is 0 Å². The zero-order valence-corrected chi connectivity index (χ0v) is 18.2. The maximum atomic E-state index is 13.6. The highest BCUT2D eigenvalue weighted by molar-refractivity contribution is 7.71. The third kappa shape index (κ3) is 4.73. The monoisotopic (exact) mass is 432 g/mol. The van der Waals surface area contributed by atoms with Crippen molar-refractivity contribution < 1.29 is 9.90 Å². The Labute approximate surface area is 186 Å². The first-order chi connectivity index (χ1) is 14.8. The van der Waals surface area contributed by atoms with Crippen LogP contribution in [0.2, 0.25) is 0 Å². The summed E-state index contributed by atoms with van der Waals surface area (Å²) in [6.07, 6.45) is 2.90. The standard InChI is InChI=1S/C24H24N4O2S/c1-16(2)14-19(29)20-22(25)26-15-28(24(20)31)21(17-10-6-4-7-11-17)23(30)27(3)18-12-8-5-9-13-18/h4-15,21,29H,1,25H2,2-3H3/b19-14-. The summed E-state index contributed by atoms with van der Waals surface area (Å²) in [7, 11) is 1.71. The number of nitrogens with two attached hydrogens (primary N) is 1. The molecule has 0 aliphatic rings. The zero-order chi connectivity index (χ0) is 22.5. The number of likely N-dealkylation sites (N-methyl/N-ethyl adjacent to an activating group) is 1. The predicted molar refractivity (Wildman–Crippen MR) is 127 cm³/mol. The average molecular weight is 433 g/mol. The molecule has 0 saturated carbocycles. The van der Waals surface area contributed by atoms with Crippen molar-refractivity contribution in [2.75, 3.05) is 17.7 Å². The maximum absolute atomic E-state index is 13.6. The van der Waals surface area contributed by atoms with Gasteiger partial charge in [0.25, 0.3) is 5.91 Å². The lowest BCUT2D eigenvalue weighted by Gasteiger charge is -2.27. The first-order valence-corrected chi connectivity index (χ1v) is 10.0. The number of anilines is 2. The van der Waals surface area contributed by atoms with E-state index in [0.29, 0.717) is 5.57 Å². The molecular weight excluding hydrogens is 408 g/mol. The Bertz CT molecular complexity index is 1190. The number of carbonyl (C=O) groups excluding carboxylic acids is 1. The number of nitrogens with zero attached hydrogens (tertiary/aromatic N) is 3. The van der Waals surface area contributed by atoms with Crippen LogP contribution in [0, 0.1) is 4.64 Å². The Morgan fingerprint density at radius 1 is 1.19 bits per heavy atom. The van der Waals surface area contributed by atoms with Crippen molar-refractivity contribution in [3.05, 3.63) is 101 Å². The average Bonchev–Trinajstić information content (AvgIpc) is 2.75. The van der Waals surface area contributed by atoms with Crippen molar-refractivity contribution in [2.45, 2.75) is 13.0 Å². The van der Waals surface area contributed by atoms with Gasteiger partial charge in [-0.2, -0.15) is 0 Å². The van der Waals surface area contributed by atoms with Crippen molar-refractivity contribution in [1.29, 1.82) is 0 Å². The van der Waals surface area contributed by atoms with E-state index >= 15 is 0 Å². The molecular formula is C24H24N4O2S. The summed E-state index contributed by atoms with van der Waals surface area (Å²) in [4.78, 5) is 19.4. The molecule has 1 aromatic heterocycles. The number of allylic oxidation sites excluding steroid dienone is 2. The quantitative estimate of drug-likeness (QED) is 0.328. The number of hydrogen-bond acceptors (Lipinski definition) is 5. The van der Waals surface area contributed by atoms with E-state index in [9.17, 15) is 9.90 Å². The highest BCUT2D eigenvalue weighted by atomic mass is 32.1. The van der Waals surface area contributed by atoms with Gasteiger partial charge in [0.1, 0.15) is 22.3 Å². The summed E-state index contributed by atoms with van der Waals surface area (Å²) >= 11 is 5.65. The van der Waals surface area contributed by atoms with Crippen LogP contribution in [0.1, 0.15) is 24.1 Å². The van der Waals surface area contributed by atoms with E-state index in [2.05, 4.69) is 11.6 Å². The molecule has 1 atom stereocenters. The number of hydrogen-bond donors (Lipinski definition) is 2. The van der Waals surface area contributed by atoms with Gasteiger partial charge in [-0.05, 0) is 30.7 Å². The molecule has 0 radical (unpaired) electrons. The van der Waals surface area contributed by atoms with E-state index in [1.807, 2.05) is 60.7 Å². The Balaban J connectivity index is 2.19. The molecule has 0 aliphatic heterocycles. The van der Waals surface area contributed by atoms with Crippen LogP contribution < -0.4 is 10.6 Å². The second-order valence-corrected chi connectivity index (χ2v) is 7.53. The van der Waals surface area contributed by atoms with Crippen LogP contribution in [0.5, 0.6) is 0 Å². The molecule has 158 valence electrons. The SMILES string of the molecule is C=C(C)/C=C(\O)c1c(N)ncn(C(C(=O)N(C)c2ccccc2)c2ccccc2)c1=S. The molecule has 0 bridgehead atoms. The summed E-state index contributed by atoms with van der Waals surface area (Å²) < 4.78 is 1.76. The number of aliphatic hydroxyl groups excluding tert-OH is 1. The molecule has 3 aromatic rings. The molecule has 3 N–H and O–H groups in total. The van der Waals surface area contributed by atoms with Gasteiger partial charge in [0, 0.05) is 12.7 Å². The normalized spacial score (nSPS) is 12.3. The molecule has 2 aromatic carbocycles. The molecule has 0 aliphatic carbocycles. The number of para-hydroxylation sites is 1. The van der Waals surface area contributed by atoms with Crippen LogP contribution in [0.3, 0.4) is 0 Å². The second-order valence-electron chi connectivity index (χ2n) is 7.14. The van der Waals surface area contributed by atoms with E-state index in [1.165, 1.54) is 12.4 Å². The van der Waals surface area contributed by atoms with Gasteiger partial charge >= 0.3 is 0 Å². The Morgan fingerprint density at radius 2 is 1.77 bits per heavy atom. The maximum Gasteiger partial charge on any atom is 0.254 e. The predicted octanol–water partition coefficient (Wildman–Crippen LogP) is 4.92. The summed E-state index contributed by atoms with van der Waals surface area (Å²) in [5.74, 6) is -0.283. The van der Waals surface area contributed by atoms with E-state index in [0.717, 1.165) is 11.3 Å². The second kappa shape index (κ2) is 9.40. The summed E-state index contributed by atoms with van der Waals surface area (Å²) in [5.41, 5.74) is 8.31. The molecule has 0 spiro atoms. The number of benzene rings is 2. The molecule has 3 rings (SSSR count). The Hall–Kier alpha value is -3.71. The van der Waals surface area contributed by atoms with E-state index < -0.39 is 6.04 Å². The molecule has 0 saturated heterocycles. The van der Waals surface area contributed by atoms with Crippen molar-refractivity contribution in [3.63, 3.8) is 0 Å². The Kier molecular flexibility index (Phi) is 6.67. The number of amides is 1. The van der Waals surface area contributed by atoms with Gasteiger partial charge in [-0.1, -0.05) is 72.9 Å². The number of aliphatic hydroxyl groups is 1. The molecule has 7 heteroatoms. The summed E-state index contributed by atoms with van der Waals surface area (Å²) in [6, 6.07) is 17.8. The first-order valence-electron chi connectivity index (χ1n) is 9.62. The molecule has 6 nitrogen and oxygen atoms in total. The number of carbonyl (C=O) groups is 1. The van der Waals surface area contributed by atoms with Crippen molar-refractivity contribution in [1.82, 2.24) is 9.55 Å². The highest BCUT2D eigenvalue weighted by Gasteiger charge is 2.28. The zero-order valence-electron chi connectivity index (χ0n) is 17.4. The lowest BCUT2D eigenvalue weighted by Crippen LogP contribution is -2.35. The van der Waals surface area contributed by atoms with Crippen molar-refractivity contribution in [2.24, 2.45) is 0 Å². The number of aromatic nitrogens is 2. The number of rotatable bonds is 6. The van der Waals surface area contributed by atoms with E-state index in [1.54, 1.807) is 23.4 Å². The topological polar surface area (TPSA) is 84.4 Å². The minimum Gasteiger partial charge on any atom is -0.507 e. The minimum atomic E-state index is -0.802. The van der Waals surface area contributed by atoms with Crippen molar-refractivity contribution >= 4 is 35.4 Å². The van der Waals surface area contributed by atoms with Crippen LogP contribution >= 0.6 is 12.2 Å². The fraction of sp³-hybridized carbons (Fsp3) is 0.125. The van der Waals surface area contributed by atoms with Crippen molar-refractivity contribution in [3.8, 4) is 0 Å². The number of nitrogen functional groups attached to an aromatic ring is 1. The van der Waals surface area contributed by atoms with Gasteiger partial charge in [0.15, 0.2) is 0 Å². The Morgan fingerprint density at radius 3 is 2.35 bits per heavy atom. The largest absolute Gasteiger partial charge is 0.507 e. The molecule has 1 unspecified atom stereocenters. The van der Waals surface area contributed by atoms with Gasteiger partial charge in [0.05, 0.1) is 11.9 Å². The van der Waals surface area contributed by atoms with Crippen LogP contribution in [0.15, 0.2) is 85.2 Å². The third-order valence-corrected chi connectivity index (χ3v) is 5.18. The first kappa shape index (κ1) is 22.0. The van der Waals surface area contributed by atoms with Gasteiger partial charge in [-0.3, -0.25) is 4.79 Å². The van der Waals surface area contributed by atoms with E-state index in [4.69, 9.17) is 18.0 Å². The van der Waals surface area contributed by atoms with Gasteiger partial charge in [-0.25, -0.2) is 4.98 Å². The molecule has 0 fully saturated rings.